The van der Waals surface area contributed by atoms with Crippen molar-refractivity contribution in [3.8, 4) is 0 Å². The van der Waals surface area contributed by atoms with Crippen molar-refractivity contribution in [1.82, 2.24) is 4.98 Å². The molecule has 0 aliphatic heterocycles. The van der Waals surface area contributed by atoms with E-state index in [-0.39, 0.29) is 6.42 Å². The van der Waals surface area contributed by atoms with Crippen LogP contribution in [0.5, 0.6) is 0 Å². The standard InChI is InChI=1S/C13H13ClN2O2S/c1-8-11(6-12(17)18)19-13(16-8)15-7-9-2-4-10(14)5-3-9/h2-5H,6-7H2,1H3,(H,15,16)(H,17,18). The van der Waals surface area contributed by atoms with Crippen molar-refractivity contribution < 1.29 is 9.90 Å². The first-order chi connectivity index (χ1) is 9.04. The van der Waals surface area contributed by atoms with E-state index in [1.165, 1.54) is 11.3 Å². The molecule has 100 valence electrons. The van der Waals surface area contributed by atoms with Crippen LogP contribution < -0.4 is 5.32 Å². The minimum Gasteiger partial charge on any atom is -0.481 e. The third-order valence-corrected chi connectivity index (χ3v) is 3.93. The number of aliphatic carboxylic acids is 1. The van der Waals surface area contributed by atoms with Gasteiger partial charge in [0.15, 0.2) is 5.13 Å². The highest BCUT2D eigenvalue weighted by Crippen LogP contribution is 2.23. The van der Waals surface area contributed by atoms with Gasteiger partial charge in [-0.1, -0.05) is 23.7 Å². The number of aryl methyl sites for hydroxylation is 1. The van der Waals surface area contributed by atoms with E-state index in [4.69, 9.17) is 16.7 Å². The molecular weight excluding hydrogens is 284 g/mol. The van der Waals surface area contributed by atoms with Crippen LogP contribution in [-0.4, -0.2) is 16.1 Å². The first-order valence-corrected chi connectivity index (χ1v) is 6.90. The summed E-state index contributed by atoms with van der Waals surface area (Å²) in [5.74, 6) is -0.837. The van der Waals surface area contributed by atoms with Crippen molar-refractivity contribution in [2.24, 2.45) is 0 Å². The smallest absolute Gasteiger partial charge is 0.308 e. The molecule has 0 fully saturated rings. The Morgan fingerprint density at radius 3 is 2.74 bits per heavy atom. The lowest BCUT2D eigenvalue weighted by Crippen LogP contribution is -1.99. The van der Waals surface area contributed by atoms with E-state index >= 15 is 0 Å². The summed E-state index contributed by atoms with van der Waals surface area (Å²) in [6.45, 7) is 2.46. The van der Waals surface area contributed by atoms with Gasteiger partial charge in [0, 0.05) is 16.4 Å². The van der Waals surface area contributed by atoms with E-state index in [2.05, 4.69) is 10.3 Å². The fraction of sp³-hybridized carbons (Fsp3) is 0.231. The van der Waals surface area contributed by atoms with Gasteiger partial charge in [0.2, 0.25) is 0 Å². The van der Waals surface area contributed by atoms with Crippen LogP contribution in [0.4, 0.5) is 5.13 Å². The fourth-order valence-corrected chi connectivity index (χ4v) is 2.66. The average molecular weight is 297 g/mol. The molecule has 19 heavy (non-hydrogen) atoms. The average Bonchev–Trinajstić information content (AvgIpc) is 2.69. The molecule has 0 saturated heterocycles. The lowest BCUT2D eigenvalue weighted by molar-refractivity contribution is -0.136. The number of rotatable bonds is 5. The van der Waals surface area contributed by atoms with Crippen LogP contribution >= 0.6 is 22.9 Å². The number of carbonyl (C=O) groups is 1. The molecular formula is C13H13ClN2O2S. The molecule has 2 aromatic rings. The Hall–Kier alpha value is -1.59. The van der Waals surface area contributed by atoms with Crippen LogP contribution in [0.25, 0.3) is 0 Å². The molecule has 2 N–H and O–H groups in total. The van der Waals surface area contributed by atoms with Crippen LogP contribution in [-0.2, 0) is 17.8 Å². The summed E-state index contributed by atoms with van der Waals surface area (Å²) in [7, 11) is 0. The second kappa shape index (κ2) is 6.04. The van der Waals surface area contributed by atoms with Gasteiger partial charge >= 0.3 is 5.97 Å². The largest absolute Gasteiger partial charge is 0.481 e. The van der Waals surface area contributed by atoms with Gasteiger partial charge in [-0.15, -0.1) is 11.3 Å². The van der Waals surface area contributed by atoms with Gasteiger partial charge in [-0.05, 0) is 24.6 Å². The number of thiazole rings is 1. The van der Waals surface area contributed by atoms with Gasteiger partial charge in [0.05, 0.1) is 12.1 Å². The summed E-state index contributed by atoms with van der Waals surface area (Å²) < 4.78 is 0. The SMILES string of the molecule is Cc1nc(NCc2ccc(Cl)cc2)sc1CC(=O)O. The summed E-state index contributed by atoms with van der Waals surface area (Å²) in [5, 5.41) is 13.4. The van der Waals surface area contributed by atoms with Crippen LogP contribution in [0.1, 0.15) is 16.1 Å². The molecule has 1 aromatic carbocycles. The Kier molecular flexibility index (Phi) is 4.39. The molecule has 0 bridgehead atoms. The topological polar surface area (TPSA) is 62.2 Å². The van der Waals surface area contributed by atoms with Gasteiger partial charge in [-0.3, -0.25) is 4.79 Å². The third kappa shape index (κ3) is 3.94. The van der Waals surface area contributed by atoms with Gasteiger partial charge < -0.3 is 10.4 Å². The minimum absolute atomic E-state index is 0.0200. The second-order valence-corrected chi connectivity index (χ2v) is 5.60. The molecule has 0 amide bonds. The Labute approximate surface area is 120 Å². The van der Waals surface area contributed by atoms with Crippen LogP contribution in [0, 0.1) is 6.92 Å². The Balaban J connectivity index is 1.99. The van der Waals surface area contributed by atoms with E-state index < -0.39 is 5.97 Å². The Morgan fingerprint density at radius 1 is 1.42 bits per heavy atom. The number of hydrogen-bond acceptors (Lipinski definition) is 4. The van der Waals surface area contributed by atoms with Crippen LogP contribution in [0.2, 0.25) is 5.02 Å². The maximum absolute atomic E-state index is 10.7. The van der Waals surface area contributed by atoms with Crippen LogP contribution in [0.15, 0.2) is 24.3 Å². The zero-order valence-electron chi connectivity index (χ0n) is 10.3. The first-order valence-electron chi connectivity index (χ1n) is 5.71. The van der Waals surface area contributed by atoms with Crippen LogP contribution in [0.3, 0.4) is 0 Å². The van der Waals surface area contributed by atoms with E-state index in [0.29, 0.717) is 11.6 Å². The first kappa shape index (κ1) is 13.8. The number of halogens is 1. The number of carboxylic acid groups (broad SMARTS) is 1. The molecule has 0 aliphatic rings. The highest BCUT2D eigenvalue weighted by atomic mass is 35.5. The lowest BCUT2D eigenvalue weighted by atomic mass is 10.2. The molecule has 0 spiro atoms. The van der Waals surface area contributed by atoms with Gasteiger partial charge in [0.25, 0.3) is 0 Å². The molecule has 1 aromatic heterocycles. The molecule has 0 aliphatic carbocycles. The van der Waals surface area contributed by atoms with Crippen molar-refractivity contribution in [1.29, 1.82) is 0 Å². The number of carboxylic acids is 1. The maximum atomic E-state index is 10.7. The van der Waals surface area contributed by atoms with E-state index in [9.17, 15) is 4.79 Å². The summed E-state index contributed by atoms with van der Waals surface area (Å²) in [6.07, 6.45) is 0.0200. The number of nitrogens with one attached hydrogen (secondary N) is 1. The number of hydrogen-bond donors (Lipinski definition) is 2. The third-order valence-electron chi connectivity index (χ3n) is 2.56. The highest BCUT2D eigenvalue weighted by Gasteiger charge is 2.10. The second-order valence-electron chi connectivity index (χ2n) is 4.08. The Bertz CT molecular complexity index is 581. The summed E-state index contributed by atoms with van der Waals surface area (Å²) in [5.41, 5.74) is 1.86. The molecule has 2 rings (SSSR count). The monoisotopic (exact) mass is 296 g/mol. The molecule has 0 unspecified atom stereocenters. The molecule has 6 heteroatoms. The van der Waals surface area contributed by atoms with Gasteiger partial charge in [0.1, 0.15) is 0 Å². The molecule has 4 nitrogen and oxygen atoms in total. The summed E-state index contributed by atoms with van der Waals surface area (Å²) in [6, 6.07) is 7.55. The van der Waals surface area contributed by atoms with E-state index in [0.717, 1.165) is 21.3 Å². The highest BCUT2D eigenvalue weighted by molar-refractivity contribution is 7.15. The summed E-state index contributed by atoms with van der Waals surface area (Å²) >= 11 is 7.20. The molecule has 0 atom stereocenters. The number of nitrogens with zero attached hydrogens (tertiary/aromatic N) is 1. The number of aromatic nitrogens is 1. The normalized spacial score (nSPS) is 10.4. The summed E-state index contributed by atoms with van der Waals surface area (Å²) in [4.78, 5) is 15.8. The predicted octanol–water partition coefficient (Wildman–Crippen LogP) is 3.34. The Morgan fingerprint density at radius 2 is 2.11 bits per heavy atom. The molecule has 0 radical (unpaired) electrons. The molecule has 1 heterocycles. The quantitative estimate of drug-likeness (QED) is 0.888. The van der Waals surface area contributed by atoms with Gasteiger partial charge in [-0.25, -0.2) is 4.98 Å². The molecule has 0 saturated carbocycles. The maximum Gasteiger partial charge on any atom is 0.308 e. The fourth-order valence-electron chi connectivity index (χ4n) is 1.58. The van der Waals surface area contributed by atoms with Crippen molar-refractivity contribution in [2.75, 3.05) is 5.32 Å². The zero-order valence-corrected chi connectivity index (χ0v) is 11.9. The zero-order chi connectivity index (χ0) is 13.8. The number of benzene rings is 1. The predicted molar refractivity (Wildman–Crippen MR) is 77.0 cm³/mol. The van der Waals surface area contributed by atoms with Crippen molar-refractivity contribution in [3.05, 3.63) is 45.4 Å². The lowest BCUT2D eigenvalue weighted by Gasteiger charge is -2.02. The minimum atomic E-state index is -0.837. The number of anilines is 1. The van der Waals surface area contributed by atoms with Gasteiger partial charge in [-0.2, -0.15) is 0 Å². The van der Waals surface area contributed by atoms with E-state index in [1.807, 2.05) is 31.2 Å². The van der Waals surface area contributed by atoms with Crippen molar-refractivity contribution in [3.63, 3.8) is 0 Å². The van der Waals surface area contributed by atoms with Crippen molar-refractivity contribution >= 4 is 34.0 Å². The van der Waals surface area contributed by atoms with Crippen molar-refractivity contribution in [2.45, 2.75) is 19.9 Å². The van der Waals surface area contributed by atoms with E-state index in [1.54, 1.807) is 0 Å².